The molecule has 2 amide bonds. The van der Waals surface area contributed by atoms with Crippen LogP contribution in [0.25, 0.3) is 0 Å². The molecule has 0 spiro atoms. The Morgan fingerprint density at radius 2 is 2.23 bits per heavy atom. The lowest BCUT2D eigenvalue weighted by Crippen LogP contribution is -2.67. The number of para-hydroxylation sites is 1. The van der Waals surface area contributed by atoms with E-state index in [0.717, 1.165) is 13.0 Å². The Kier molecular flexibility index (Phi) is 3.95. The van der Waals surface area contributed by atoms with Crippen LogP contribution >= 0.6 is 11.6 Å². The number of urea groups is 1. The molecule has 6 heteroatoms. The minimum Gasteiger partial charge on any atom is -0.493 e. The largest absolute Gasteiger partial charge is 0.493 e. The van der Waals surface area contributed by atoms with E-state index in [2.05, 4.69) is 24.5 Å². The van der Waals surface area contributed by atoms with Crippen LogP contribution in [0.3, 0.4) is 0 Å². The van der Waals surface area contributed by atoms with Gasteiger partial charge in [-0.2, -0.15) is 0 Å². The molecule has 0 radical (unpaired) electrons. The van der Waals surface area contributed by atoms with Gasteiger partial charge < -0.3 is 20.1 Å². The highest BCUT2D eigenvalue weighted by Gasteiger charge is 2.59. The molecule has 2 fully saturated rings. The van der Waals surface area contributed by atoms with Crippen molar-refractivity contribution < 1.29 is 14.3 Å². The number of hydrogen-bond donors (Lipinski definition) is 2. The van der Waals surface area contributed by atoms with Gasteiger partial charge >= 0.3 is 6.03 Å². The zero-order chi connectivity index (χ0) is 15.9. The number of hydrogen-bond acceptors (Lipinski definition) is 3. The second-order valence-corrected chi connectivity index (χ2v) is 6.87. The van der Waals surface area contributed by atoms with Crippen molar-refractivity contribution >= 4 is 23.3 Å². The summed E-state index contributed by atoms with van der Waals surface area (Å²) in [6, 6.07) is 5.12. The lowest BCUT2D eigenvalue weighted by molar-refractivity contribution is -0.107. The fourth-order valence-corrected chi connectivity index (χ4v) is 3.98. The van der Waals surface area contributed by atoms with Crippen molar-refractivity contribution in [1.29, 1.82) is 0 Å². The number of amides is 2. The molecule has 3 rings (SSSR count). The SMILES string of the molecule is COc1c(Cl)cccc1NC(=O)NC1C2CCOC2C1(C)C. The molecule has 0 bridgehead atoms. The van der Waals surface area contributed by atoms with Gasteiger partial charge in [0.1, 0.15) is 0 Å². The molecule has 1 heterocycles. The van der Waals surface area contributed by atoms with E-state index in [9.17, 15) is 4.79 Å². The number of ether oxygens (including phenoxy) is 2. The Hall–Kier alpha value is -1.46. The van der Waals surface area contributed by atoms with Crippen LogP contribution in [0.15, 0.2) is 18.2 Å². The Morgan fingerprint density at radius 3 is 2.95 bits per heavy atom. The van der Waals surface area contributed by atoms with Crippen LogP contribution in [0.4, 0.5) is 10.5 Å². The van der Waals surface area contributed by atoms with Gasteiger partial charge in [-0.1, -0.05) is 31.5 Å². The molecule has 1 aliphatic carbocycles. The Bertz CT molecular complexity index is 591. The average Bonchev–Trinajstić information content (AvgIpc) is 2.92. The quantitative estimate of drug-likeness (QED) is 0.897. The normalized spacial score (nSPS) is 28.5. The first kappa shape index (κ1) is 15.4. The summed E-state index contributed by atoms with van der Waals surface area (Å²) in [7, 11) is 1.53. The zero-order valence-corrected chi connectivity index (χ0v) is 13.7. The van der Waals surface area contributed by atoms with Crippen LogP contribution in [0.2, 0.25) is 5.02 Å². The first-order chi connectivity index (χ1) is 10.4. The minimum absolute atomic E-state index is 0.0447. The van der Waals surface area contributed by atoms with E-state index in [1.165, 1.54) is 7.11 Å². The number of fused-ring (bicyclic) bond motifs is 1. The summed E-state index contributed by atoms with van der Waals surface area (Å²) in [5.41, 5.74) is 0.514. The first-order valence-corrected chi connectivity index (χ1v) is 7.84. The van der Waals surface area contributed by atoms with Crippen molar-refractivity contribution in [3.05, 3.63) is 23.2 Å². The lowest BCUT2D eigenvalue weighted by Gasteiger charge is -2.54. The van der Waals surface area contributed by atoms with Gasteiger partial charge in [-0.25, -0.2) is 4.79 Å². The third kappa shape index (κ3) is 2.42. The summed E-state index contributed by atoms with van der Waals surface area (Å²) in [5, 5.41) is 6.35. The van der Waals surface area contributed by atoms with Gasteiger partial charge in [0.2, 0.25) is 0 Å². The summed E-state index contributed by atoms with van der Waals surface area (Å²) in [6.45, 7) is 5.04. The van der Waals surface area contributed by atoms with Crippen LogP contribution in [0, 0.1) is 11.3 Å². The van der Waals surface area contributed by atoms with E-state index in [1.54, 1.807) is 18.2 Å². The van der Waals surface area contributed by atoms with E-state index in [4.69, 9.17) is 21.1 Å². The molecule has 120 valence electrons. The highest BCUT2D eigenvalue weighted by molar-refractivity contribution is 6.32. The summed E-state index contributed by atoms with van der Waals surface area (Å²) in [5.74, 6) is 0.872. The van der Waals surface area contributed by atoms with Crippen LogP contribution in [0.1, 0.15) is 20.3 Å². The third-order valence-electron chi connectivity index (χ3n) is 4.81. The topological polar surface area (TPSA) is 59.6 Å². The highest BCUT2D eigenvalue weighted by Crippen LogP contribution is 2.52. The van der Waals surface area contributed by atoms with Crippen molar-refractivity contribution in [3.8, 4) is 5.75 Å². The number of anilines is 1. The lowest BCUT2D eigenvalue weighted by atomic mass is 9.57. The number of halogens is 1. The Balaban J connectivity index is 1.68. The van der Waals surface area contributed by atoms with E-state index in [1.807, 2.05) is 0 Å². The molecular formula is C16H21ClN2O3. The first-order valence-electron chi connectivity index (χ1n) is 7.46. The van der Waals surface area contributed by atoms with Crippen molar-refractivity contribution in [2.75, 3.05) is 19.0 Å². The molecule has 3 atom stereocenters. The Labute approximate surface area is 135 Å². The number of methoxy groups -OCH3 is 1. The molecule has 3 unspecified atom stereocenters. The zero-order valence-electron chi connectivity index (χ0n) is 13.0. The number of carbonyl (C=O) groups is 1. The smallest absolute Gasteiger partial charge is 0.319 e. The van der Waals surface area contributed by atoms with Crippen LogP contribution < -0.4 is 15.4 Å². The summed E-state index contributed by atoms with van der Waals surface area (Å²) < 4.78 is 11.0. The second-order valence-electron chi connectivity index (χ2n) is 6.46. The summed E-state index contributed by atoms with van der Waals surface area (Å²) in [4.78, 5) is 12.3. The molecule has 1 aliphatic heterocycles. The highest BCUT2D eigenvalue weighted by atomic mass is 35.5. The van der Waals surface area contributed by atoms with Crippen molar-refractivity contribution in [3.63, 3.8) is 0 Å². The monoisotopic (exact) mass is 324 g/mol. The fraction of sp³-hybridized carbons (Fsp3) is 0.562. The fourth-order valence-electron chi connectivity index (χ4n) is 3.73. The average molecular weight is 325 g/mol. The third-order valence-corrected chi connectivity index (χ3v) is 5.10. The van der Waals surface area contributed by atoms with Gasteiger partial charge in [-0.05, 0) is 18.6 Å². The number of benzene rings is 1. The number of nitrogens with one attached hydrogen (secondary N) is 2. The van der Waals surface area contributed by atoms with E-state index in [0.29, 0.717) is 22.4 Å². The van der Waals surface area contributed by atoms with Crippen molar-refractivity contribution in [2.45, 2.75) is 32.4 Å². The molecule has 1 saturated carbocycles. The molecule has 2 aliphatic rings. The van der Waals surface area contributed by atoms with Gasteiger partial charge in [0, 0.05) is 24.0 Å². The van der Waals surface area contributed by atoms with E-state index >= 15 is 0 Å². The van der Waals surface area contributed by atoms with Crippen LogP contribution in [-0.2, 0) is 4.74 Å². The maximum absolute atomic E-state index is 12.3. The maximum atomic E-state index is 12.3. The second kappa shape index (κ2) is 5.63. The molecule has 5 nitrogen and oxygen atoms in total. The predicted octanol–water partition coefficient (Wildman–Crippen LogP) is 3.28. The molecule has 2 N–H and O–H groups in total. The van der Waals surface area contributed by atoms with Crippen molar-refractivity contribution in [1.82, 2.24) is 5.32 Å². The minimum atomic E-state index is -0.246. The van der Waals surface area contributed by atoms with Gasteiger partial charge in [0.25, 0.3) is 0 Å². The van der Waals surface area contributed by atoms with Gasteiger partial charge in [0.05, 0.1) is 23.9 Å². The van der Waals surface area contributed by atoms with E-state index < -0.39 is 0 Å². The van der Waals surface area contributed by atoms with Gasteiger partial charge in [0.15, 0.2) is 5.75 Å². The van der Waals surface area contributed by atoms with Crippen LogP contribution in [-0.4, -0.2) is 31.9 Å². The molecule has 1 aromatic carbocycles. The van der Waals surface area contributed by atoms with Crippen LogP contribution in [0.5, 0.6) is 5.75 Å². The Morgan fingerprint density at radius 1 is 1.45 bits per heavy atom. The van der Waals surface area contributed by atoms with Gasteiger partial charge in [-0.3, -0.25) is 0 Å². The standard InChI is InChI=1S/C16H21ClN2O3/c1-16(2)13(9-7-8-22-14(9)16)19-15(20)18-11-6-4-5-10(17)12(11)21-3/h4-6,9,13-14H,7-8H2,1-3H3,(H2,18,19,20). The maximum Gasteiger partial charge on any atom is 0.319 e. The van der Waals surface area contributed by atoms with Gasteiger partial charge in [-0.15, -0.1) is 0 Å². The number of carbonyl (C=O) groups excluding carboxylic acids is 1. The molecule has 22 heavy (non-hydrogen) atoms. The molecule has 0 aromatic heterocycles. The van der Waals surface area contributed by atoms with E-state index in [-0.39, 0.29) is 23.6 Å². The molecule has 1 saturated heterocycles. The molecule has 1 aromatic rings. The predicted molar refractivity (Wildman–Crippen MR) is 85.6 cm³/mol. The molecular weight excluding hydrogens is 304 g/mol. The summed E-state index contributed by atoms with van der Waals surface area (Å²) in [6.07, 6.45) is 1.25. The summed E-state index contributed by atoms with van der Waals surface area (Å²) >= 11 is 6.06. The number of rotatable bonds is 3. The van der Waals surface area contributed by atoms with Crippen molar-refractivity contribution in [2.24, 2.45) is 11.3 Å².